The molecule has 0 radical (unpaired) electrons. The number of allylic oxidation sites excluding steroid dienone is 8. The first-order valence-corrected chi connectivity index (χ1v) is 10.8. The molecule has 0 aromatic carbocycles. The fourth-order valence-corrected chi connectivity index (χ4v) is 2.98. The molecule has 0 aromatic rings. The van der Waals surface area contributed by atoms with Crippen LogP contribution in [0.3, 0.4) is 0 Å². The summed E-state index contributed by atoms with van der Waals surface area (Å²) in [6.45, 7) is 17.2. The molecule has 156 valence electrons. The molecule has 28 heavy (non-hydrogen) atoms. The topological polar surface area (TPSA) is 14.1 Å². The van der Waals surface area contributed by atoms with E-state index in [1.165, 1.54) is 49.7 Å². The Hall–Kier alpha value is -0.210. The van der Waals surface area contributed by atoms with Crippen molar-refractivity contribution in [1.29, 1.82) is 0 Å². The summed E-state index contributed by atoms with van der Waals surface area (Å²) in [5.74, 6) is 0. The van der Waals surface area contributed by atoms with Gasteiger partial charge in [-0.25, -0.2) is 23.3 Å². The maximum absolute atomic E-state index is 4.54. The first kappa shape index (κ1) is 30.0. The van der Waals surface area contributed by atoms with E-state index in [9.17, 15) is 0 Å². The van der Waals surface area contributed by atoms with Crippen LogP contribution in [0.4, 0.5) is 0 Å². The van der Waals surface area contributed by atoms with Gasteiger partial charge >= 0.3 is 25.8 Å². The first-order valence-electron chi connectivity index (χ1n) is 10.8. The Bertz CT molecular complexity index is 450. The van der Waals surface area contributed by atoms with Crippen LogP contribution in [-0.2, 0) is 25.8 Å². The minimum atomic E-state index is 0. The average molecular weight is 549 g/mol. The van der Waals surface area contributed by atoms with Gasteiger partial charge in [-0.3, -0.25) is 12.2 Å². The summed E-state index contributed by atoms with van der Waals surface area (Å²) >= 11 is 0. The standard InChI is InChI=1S/2C9H13.C8H18N.Hf/c2*1-2-3-6-9-7-4-5-8-9;1-7(2,3)9-8(4,5)6;/h2*4,7H,2-3,5-6H2,1H3;1-6H3;/q3*-1;+4. The van der Waals surface area contributed by atoms with Crippen LogP contribution in [0.25, 0.3) is 5.32 Å². The van der Waals surface area contributed by atoms with Crippen molar-refractivity contribution in [2.24, 2.45) is 0 Å². The SMILES string of the molecule is CC(C)(C)[N-]C(C)(C)C.CCCCC1=[C-]CC=C1.CCCCC1=[C-]CC=C1.[Hf+4]. The minimum Gasteiger partial charge on any atom is -0.653 e. The zero-order chi connectivity index (χ0) is 20.8. The molecule has 2 heteroatoms. The van der Waals surface area contributed by atoms with Crippen LogP contribution in [0.1, 0.15) is 107 Å². The summed E-state index contributed by atoms with van der Waals surface area (Å²) in [4.78, 5) is 0. The van der Waals surface area contributed by atoms with Gasteiger partial charge in [0.25, 0.3) is 0 Å². The Kier molecular flexibility index (Phi) is 17.7. The number of nitrogens with zero attached hydrogens (tertiary/aromatic N) is 1. The van der Waals surface area contributed by atoms with E-state index in [2.05, 4.69) is 97.2 Å². The molecule has 0 heterocycles. The smallest absolute Gasteiger partial charge is 0.653 e. The maximum atomic E-state index is 4.54. The fourth-order valence-electron chi connectivity index (χ4n) is 2.98. The quantitative estimate of drug-likeness (QED) is 0.233. The predicted molar refractivity (Wildman–Crippen MR) is 123 cm³/mol. The molecular formula is C26H44HfN+. The third-order valence-electron chi connectivity index (χ3n) is 3.80. The third-order valence-corrected chi connectivity index (χ3v) is 3.80. The van der Waals surface area contributed by atoms with Crippen LogP contribution in [0, 0.1) is 12.2 Å². The maximum Gasteiger partial charge on any atom is 4.00 e. The van der Waals surface area contributed by atoms with E-state index >= 15 is 0 Å². The molecule has 2 aliphatic rings. The van der Waals surface area contributed by atoms with Gasteiger partial charge in [0, 0.05) is 0 Å². The molecule has 0 bridgehead atoms. The Morgan fingerprint density at radius 1 is 0.750 bits per heavy atom. The Labute approximate surface area is 196 Å². The van der Waals surface area contributed by atoms with E-state index in [1.54, 1.807) is 0 Å². The van der Waals surface area contributed by atoms with E-state index in [4.69, 9.17) is 0 Å². The molecule has 0 spiro atoms. The summed E-state index contributed by atoms with van der Waals surface area (Å²) in [6, 6.07) is 0. The summed E-state index contributed by atoms with van der Waals surface area (Å²) in [7, 11) is 0. The van der Waals surface area contributed by atoms with E-state index in [0.717, 1.165) is 12.8 Å². The third kappa shape index (κ3) is 20.5. The second-order valence-electron chi connectivity index (χ2n) is 9.28. The van der Waals surface area contributed by atoms with Gasteiger partial charge in [-0.05, 0) is 0 Å². The normalized spacial score (nSPS) is 15.0. The van der Waals surface area contributed by atoms with E-state index < -0.39 is 0 Å². The van der Waals surface area contributed by atoms with Crippen molar-refractivity contribution < 1.29 is 25.8 Å². The zero-order valence-corrected chi connectivity index (χ0v) is 23.5. The van der Waals surface area contributed by atoms with E-state index in [1.807, 2.05) is 0 Å². The minimum absolute atomic E-state index is 0. The number of rotatable bonds is 6. The summed E-state index contributed by atoms with van der Waals surface area (Å²) in [5, 5.41) is 4.54. The van der Waals surface area contributed by atoms with E-state index in [0.29, 0.717) is 0 Å². The van der Waals surface area contributed by atoms with Gasteiger partial charge < -0.3 is 5.32 Å². The molecule has 0 atom stereocenters. The zero-order valence-electron chi connectivity index (χ0n) is 19.9. The Morgan fingerprint density at radius 3 is 1.29 bits per heavy atom. The largest absolute Gasteiger partial charge is 4.00 e. The molecule has 0 fully saturated rings. The van der Waals surface area contributed by atoms with Crippen molar-refractivity contribution in [3.8, 4) is 0 Å². The van der Waals surface area contributed by atoms with Crippen molar-refractivity contribution in [3.63, 3.8) is 0 Å². The molecule has 0 saturated carbocycles. The molecule has 0 aliphatic heterocycles. The van der Waals surface area contributed by atoms with Crippen molar-refractivity contribution in [3.05, 3.63) is 52.9 Å². The van der Waals surface area contributed by atoms with Gasteiger partial charge in [0.15, 0.2) is 0 Å². The van der Waals surface area contributed by atoms with Crippen LogP contribution >= 0.6 is 0 Å². The Balaban J connectivity index is 0. The monoisotopic (exact) mass is 550 g/mol. The fraction of sp³-hybridized carbons (Fsp3) is 0.692. The van der Waals surface area contributed by atoms with Crippen molar-refractivity contribution in [1.82, 2.24) is 0 Å². The van der Waals surface area contributed by atoms with Gasteiger partial charge in [-0.15, -0.1) is 23.9 Å². The van der Waals surface area contributed by atoms with Gasteiger partial charge in [0.05, 0.1) is 0 Å². The first-order chi connectivity index (χ1) is 12.6. The molecule has 0 saturated heterocycles. The molecule has 0 N–H and O–H groups in total. The second-order valence-corrected chi connectivity index (χ2v) is 9.28. The summed E-state index contributed by atoms with van der Waals surface area (Å²) in [6.07, 6.45) is 25.1. The molecule has 1 nitrogen and oxygen atoms in total. The van der Waals surface area contributed by atoms with Gasteiger partial charge in [0.2, 0.25) is 0 Å². The van der Waals surface area contributed by atoms with Crippen LogP contribution in [0.2, 0.25) is 0 Å². The van der Waals surface area contributed by atoms with Crippen LogP contribution < -0.4 is 0 Å². The van der Waals surface area contributed by atoms with Gasteiger partial charge in [0.1, 0.15) is 0 Å². The Morgan fingerprint density at radius 2 is 1.11 bits per heavy atom. The van der Waals surface area contributed by atoms with Gasteiger partial charge in [-0.1, -0.05) is 93.9 Å². The average Bonchev–Trinajstić information content (AvgIpc) is 3.22. The van der Waals surface area contributed by atoms with Crippen LogP contribution in [-0.4, -0.2) is 11.1 Å². The van der Waals surface area contributed by atoms with Crippen LogP contribution in [0.5, 0.6) is 0 Å². The van der Waals surface area contributed by atoms with E-state index in [-0.39, 0.29) is 36.9 Å². The summed E-state index contributed by atoms with van der Waals surface area (Å²) < 4.78 is 0. The van der Waals surface area contributed by atoms with Crippen molar-refractivity contribution >= 4 is 0 Å². The second kappa shape index (κ2) is 16.6. The molecule has 2 aliphatic carbocycles. The van der Waals surface area contributed by atoms with Gasteiger partial charge in [-0.2, -0.15) is 12.2 Å². The molecular weight excluding hydrogens is 505 g/mol. The van der Waals surface area contributed by atoms with Crippen molar-refractivity contribution in [2.75, 3.05) is 0 Å². The van der Waals surface area contributed by atoms with Crippen molar-refractivity contribution in [2.45, 2.75) is 118 Å². The number of unbranched alkanes of at least 4 members (excludes halogenated alkanes) is 2. The number of hydrogen-bond donors (Lipinski definition) is 0. The summed E-state index contributed by atoms with van der Waals surface area (Å²) in [5.41, 5.74) is 3.05. The molecule has 0 aromatic heterocycles. The molecule has 2 rings (SSSR count). The molecule has 0 unspecified atom stereocenters. The predicted octanol–water partition coefficient (Wildman–Crippen LogP) is 8.69. The number of hydrogen-bond acceptors (Lipinski definition) is 0. The molecule has 0 amide bonds. The van der Waals surface area contributed by atoms with Crippen LogP contribution in [0.15, 0.2) is 35.5 Å².